The molecular weight excluding hydrogens is 460 g/mol. The first kappa shape index (κ1) is 22.5. The molecule has 0 aromatic heterocycles. The number of hydrogen-bond donors (Lipinski definition) is 0. The fourth-order valence-corrected chi connectivity index (χ4v) is 3.48. The zero-order valence-electron chi connectivity index (χ0n) is 17.4. The molecule has 0 atom stereocenters. The van der Waals surface area contributed by atoms with Crippen molar-refractivity contribution in [3.8, 4) is 11.5 Å². The second kappa shape index (κ2) is 10.7. The van der Waals surface area contributed by atoms with Crippen LogP contribution in [0, 0.1) is 10.1 Å². The van der Waals surface area contributed by atoms with Crippen LogP contribution in [0.15, 0.2) is 70.1 Å². The molecule has 0 unspecified atom stereocenters. The third-order valence-corrected chi connectivity index (χ3v) is 5.16. The van der Waals surface area contributed by atoms with Gasteiger partial charge >= 0.3 is 0 Å². The third-order valence-electron chi connectivity index (χ3n) is 4.57. The van der Waals surface area contributed by atoms with E-state index in [2.05, 4.69) is 40.0 Å². The lowest BCUT2D eigenvalue weighted by molar-refractivity contribution is -0.384. The molecule has 0 saturated carbocycles. The zero-order chi connectivity index (χ0) is 22.2. The Balaban J connectivity index is 1.77. The summed E-state index contributed by atoms with van der Waals surface area (Å²) in [6.07, 6.45) is 2.78. The number of ether oxygens (including phenoxy) is 2. The third kappa shape index (κ3) is 6.15. The largest absolute Gasteiger partial charge is 0.490 e. The van der Waals surface area contributed by atoms with E-state index in [1.54, 1.807) is 18.3 Å². The molecule has 7 heteroatoms. The van der Waals surface area contributed by atoms with Gasteiger partial charge in [-0.15, -0.1) is 0 Å². The Hall–Kier alpha value is -3.19. The molecule has 0 amide bonds. The average molecular weight is 483 g/mol. The van der Waals surface area contributed by atoms with Crippen LogP contribution in [0.4, 0.5) is 11.4 Å². The van der Waals surface area contributed by atoms with Crippen molar-refractivity contribution in [1.82, 2.24) is 0 Å². The van der Waals surface area contributed by atoms with Crippen molar-refractivity contribution in [1.29, 1.82) is 0 Å². The second-order valence-corrected chi connectivity index (χ2v) is 7.61. The van der Waals surface area contributed by atoms with Crippen LogP contribution in [0.1, 0.15) is 30.5 Å². The Morgan fingerprint density at radius 3 is 2.29 bits per heavy atom. The molecule has 0 saturated heterocycles. The summed E-state index contributed by atoms with van der Waals surface area (Å²) in [7, 11) is 0. The van der Waals surface area contributed by atoms with E-state index >= 15 is 0 Å². The van der Waals surface area contributed by atoms with Gasteiger partial charge in [0, 0.05) is 18.3 Å². The van der Waals surface area contributed by atoms with Crippen molar-refractivity contribution >= 4 is 33.5 Å². The fourth-order valence-electron chi connectivity index (χ4n) is 2.90. The molecule has 0 heterocycles. The van der Waals surface area contributed by atoms with Crippen molar-refractivity contribution < 1.29 is 14.4 Å². The van der Waals surface area contributed by atoms with E-state index in [9.17, 15) is 10.1 Å². The highest BCUT2D eigenvalue weighted by Crippen LogP contribution is 2.37. The lowest BCUT2D eigenvalue weighted by Crippen LogP contribution is -2.01. The minimum Gasteiger partial charge on any atom is -0.490 e. The number of non-ortho nitro benzene ring substituents is 1. The van der Waals surface area contributed by atoms with Gasteiger partial charge in [-0.05, 0) is 82.4 Å². The van der Waals surface area contributed by atoms with Crippen LogP contribution in [-0.4, -0.2) is 17.7 Å². The molecule has 3 aromatic rings. The summed E-state index contributed by atoms with van der Waals surface area (Å²) < 4.78 is 12.5. The Morgan fingerprint density at radius 1 is 1.00 bits per heavy atom. The van der Waals surface area contributed by atoms with Gasteiger partial charge in [0.05, 0.1) is 21.7 Å². The number of benzene rings is 3. The van der Waals surface area contributed by atoms with Crippen molar-refractivity contribution in [3.05, 3.63) is 91.9 Å². The van der Waals surface area contributed by atoms with E-state index in [4.69, 9.17) is 9.47 Å². The standard InChI is InChI=1S/C24H23BrN2O4/c1-3-17-5-9-20(10-6-17)26-15-19-13-22(25)24(23(14-19)30-4-2)31-16-18-7-11-21(12-8-18)27(28)29/h5-15H,3-4,16H2,1-2H3. The number of aliphatic imine (C=N–C) groups is 1. The van der Waals surface area contributed by atoms with Gasteiger partial charge in [-0.1, -0.05) is 19.1 Å². The molecule has 31 heavy (non-hydrogen) atoms. The van der Waals surface area contributed by atoms with Crippen LogP contribution in [0.25, 0.3) is 0 Å². The highest BCUT2D eigenvalue weighted by molar-refractivity contribution is 9.10. The van der Waals surface area contributed by atoms with Crippen LogP contribution in [0.2, 0.25) is 0 Å². The van der Waals surface area contributed by atoms with Gasteiger partial charge in [-0.25, -0.2) is 0 Å². The van der Waals surface area contributed by atoms with Crippen LogP contribution >= 0.6 is 15.9 Å². The summed E-state index contributed by atoms with van der Waals surface area (Å²) in [4.78, 5) is 14.9. The van der Waals surface area contributed by atoms with Gasteiger partial charge in [0.1, 0.15) is 6.61 Å². The Morgan fingerprint density at radius 2 is 1.68 bits per heavy atom. The number of nitrogens with zero attached hydrogens (tertiary/aromatic N) is 2. The summed E-state index contributed by atoms with van der Waals surface area (Å²) in [6.45, 7) is 4.77. The molecule has 3 aromatic carbocycles. The molecular formula is C24H23BrN2O4. The van der Waals surface area contributed by atoms with E-state index < -0.39 is 4.92 Å². The first-order valence-electron chi connectivity index (χ1n) is 9.95. The molecule has 160 valence electrons. The number of nitro groups is 1. The van der Waals surface area contributed by atoms with Gasteiger partial charge in [0.2, 0.25) is 0 Å². The van der Waals surface area contributed by atoms with Gasteiger partial charge in [0.25, 0.3) is 5.69 Å². The van der Waals surface area contributed by atoms with Gasteiger partial charge < -0.3 is 9.47 Å². The van der Waals surface area contributed by atoms with Crippen molar-refractivity contribution in [3.63, 3.8) is 0 Å². The Bertz CT molecular complexity index is 1060. The molecule has 0 fully saturated rings. The molecule has 0 aliphatic heterocycles. The van der Waals surface area contributed by atoms with E-state index in [-0.39, 0.29) is 12.3 Å². The Labute approximate surface area is 189 Å². The normalized spacial score (nSPS) is 10.9. The summed E-state index contributed by atoms with van der Waals surface area (Å²) in [5, 5.41) is 10.8. The maximum atomic E-state index is 10.8. The molecule has 0 radical (unpaired) electrons. The summed E-state index contributed by atoms with van der Waals surface area (Å²) >= 11 is 3.56. The van der Waals surface area contributed by atoms with E-state index in [0.29, 0.717) is 18.1 Å². The molecule has 0 N–H and O–H groups in total. The minimum absolute atomic E-state index is 0.0490. The molecule has 0 aliphatic rings. The number of nitro benzene ring substituents is 1. The SMILES string of the molecule is CCOc1cc(C=Nc2ccc(CC)cc2)cc(Br)c1OCc1ccc([N+](=O)[O-])cc1. The van der Waals surface area contributed by atoms with Gasteiger partial charge in [-0.2, -0.15) is 0 Å². The second-order valence-electron chi connectivity index (χ2n) is 6.75. The predicted molar refractivity (Wildman–Crippen MR) is 126 cm³/mol. The summed E-state index contributed by atoms with van der Waals surface area (Å²) in [6, 6.07) is 18.2. The monoisotopic (exact) mass is 482 g/mol. The molecule has 0 spiro atoms. The topological polar surface area (TPSA) is 74.0 Å². The van der Waals surface area contributed by atoms with Crippen molar-refractivity contribution in [2.24, 2.45) is 4.99 Å². The van der Waals surface area contributed by atoms with Gasteiger partial charge in [0.15, 0.2) is 11.5 Å². The number of halogens is 1. The number of hydrogen-bond acceptors (Lipinski definition) is 5. The number of aryl methyl sites for hydroxylation is 1. The van der Waals surface area contributed by atoms with Crippen molar-refractivity contribution in [2.45, 2.75) is 26.9 Å². The molecule has 6 nitrogen and oxygen atoms in total. The van der Waals surface area contributed by atoms with Crippen molar-refractivity contribution in [2.75, 3.05) is 6.61 Å². The van der Waals surface area contributed by atoms with E-state index in [1.165, 1.54) is 17.7 Å². The average Bonchev–Trinajstić information content (AvgIpc) is 2.78. The van der Waals surface area contributed by atoms with Gasteiger partial charge in [-0.3, -0.25) is 15.1 Å². The van der Waals surface area contributed by atoms with Crippen LogP contribution in [0.5, 0.6) is 11.5 Å². The quantitative estimate of drug-likeness (QED) is 0.194. The first-order valence-corrected chi connectivity index (χ1v) is 10.7. The molecule has 0 bridgehead atoms. The predicted octanol–water partition coefficient (Wildman–Crippen LogP) is 6.65. The van der Waals surface area contributed by atoms with Crippen LogP contribution in [-0.2, 0) is 13.0 Å². The highest BCUT2D eigenvalue weighted by Gasteiger charge is 2.13. The Kier molecular flexibility index (Phi) is 7.78. The maximum Gasteiger partial charge on any atom is 0.269 e. The number of rotatable bonds is 9. The highest BCUT2D eigenvalue weighted by atomic mass is 79.9. The summed E-state index contributed by atoms with van der Waals surface area (Å²) in [5.74, 6) is 1.17. The fraction of sp³-hybridized carbons (Fsp3) is 0.208. The maximum absolute atomic E-state index is 10.8. The van der Waals surface area contributed by atoms with Crippen LogP contribution < -0.4 is 9.47 Å². The molecule has 3 rings (SSSR count). The minimum atomic E-state index is -0.424. The van der Waals surface area contributed by atoms with Crippen LogP contribution in [0.3, 0.4) is 0 Å². The lowest BCUT2D eigenvalue weighted by Gasteiger charge is -2.14. The lowest BCUT2D eigenvalue weighted by atomic mass is 10.1. The molecule has 0 aliphatic carbocycles. The van der Waals surface area contributed by atoms with E-state index in [0.717, 1.165) is 27.7 Å². The zero-order valence-corrected chi connectivity index (χ0v) is 19.0. The van der Waals surface area contributed by atoms with E-state index in [1.807, 2.05) is 31.2 Å². The smallest absolute Gasteiger partial charge is 0.269 e. The summed E-state index contributed by atoms with van der Waals surface area (Å²) in [5.41, 5.74) is 3.89. The first-order chi connectivity index (χ1) is 15.0.